The molecular formula is C62H39N3O. The summed E-state index contributed by atoms with van der Waals surface area (Å²) in [6, 6.07) is 84.5. The van der Waals surface area contributed by atoms with Crippen LogP contribution < -0.4 is 4.90 Å². The molecule has 14 rings (SSSR count). The van der Waals surface area contributed by atoms with Crippen LogP contribution in [0.3, 0.4) is 0 Å². The normalized spacial score (nSPS) is 13.0. The summed E-state index contributed by atoms with van der Waals surface area (Å²) >= 11 is 0. The summed E-state index contributed by atoms with van der Waals surface area (Å²) in [4.78, 5) is 6.95. The monoisotopic (exact) mass is 841 g/mol. The van der Waals surface area contributed by atoms with Crippen LogP contribution in [0.1, 0.15) is 22.3 Å². The lowest BCUT2D eigenvalue weighted by molar-refractivity contribution is 0.605. The van der Waals surface area contributed by atoms with Crippen molar-refractivity contribution in [2.45, 2.75) is 5.41 Å². The zero-order valence-corrected chi connectivity index (χ0v) is 35.8. The Labute approximate surface area is 381 Å². The van der Waals surface area contributed by atoms with E-state index in [1.165, 1.54) is 66.8 Å². The van der Waals surface area contributed by atoms with Crippen molar-refractivity contribution in [1.82, 2.24) is 9.55 Å². The maximum absolute atomic E-state index is 6.08. The van der Waals surface area contributed by atoms with E-state index in [-0.39, 0.29) is 0 Å². The Morgan fingerprint density at radius 3 is 1.56 bits per heavy atom. The summed E-state index contributed by atoms with van der Waals surface area (Å²) in [6.45, 7) is 0. The van der Waals surface area contributed by atoms with Crippen molar-refractivity contribution in [2.75, 3.05) is 4.90 Å². The molecule has 4 nitrogen and oxygen atoms in total. The number of fused-ring (bicyclic) bond motifs is 15. The number of benzene rings is 10. The first-order chi connectivity index (χ1) is 32.7. The Hall–Kier alpha value is -8.73. The van der Waals surface area contributed by atoms with Gasteiger partial charge in [0.05, 0.1) is 21.8 Å². The quantitative estimate of drug-likeness (QED) is 0.167. The maximum Gasteiger partial charge on any atom is 0.182 e. The Balaban J connectivity index is 1.00. The first kappa shape index (κ1) is 36.7. The van der Waals surface area contributed by atoms with Gasteiger partial charge in [0, 0.05) is 28.1 Å². The Bertz CT molecular complexity index is 3740. The van der Waals surface area contributed by atoms with E-state index < -0.39 is 5.41 Å². The zero-order valence-electron chi connectivity index (χ0n) is 35.8. The number of rotatable bonds is 6. The first-order valence-electron chi connectivity index (χ1n) is 22.6. The van der Waals surface area contributed by atoms with Crippen molar-refractivity contribution in [3.8, 4) is 50.2 Å². The van der Waals surface area contributed by atoms with Gasteiger partial charge in [0.2, 0.25) is 0 Å². The largest absolute Gasteiger partial charge is 0.443 e. The smallest absolute Gasteiger partial charge is 0.182 e. The van der Waals surface area contributed by atoms with Crippen LogP contribution in [-0.4, -0.2) is 9.55 Å². The van der Waals surface area contributed by atoms with Crippen LogP contribution in [0.5, 0.6) is 0 Å². The predicted octanol–water partition coefficient (Wildman–Crippen LogP) is 16.1. The summed E-state index contributed by atoms with van der Waals surface area (Å²) in [5.41, 5.74) is 22.7. The molecule has 0 unspecified atom stereocenters. The van der Waals surface area contributed by atoms with Gasteiger partial charge in [-0.15, -0.1) is 0 Å². The van der Waals surface area contributed by atoms with E-state index in [0.717, 1.165) is 55.7 Å². The summed E-state index contributed by atoms with van der Waals surface area (Å²) in [6.07, 6.45) is 1.55. The van der Waals surface area contributed by atoms with Gasteiger partial charge in [0.15, 0.2) is 12.0 Å². The number of aromatic nitrogens is 2. The van der Waals surface area contributed by atoms with Gasteiger partial charge in [-0.25, -0.2) is 4.98 Å². The van der Waals surface area contributed by atoms with E-state index in [4.69, 9.17) is 4.42 Å². The number of hydrogen-bond acceptors (Lipinski definition) is 3. The highest BCUT2D eigenvalue weighted by Gasteiger charge is 2.52. The van der Waals surface area contributed by atoms with Gasteiger partial charge in [-0.2, -0.15) is 0 Å². The SMILES string of the molecule is c1ccc(-c2ccc(N(c3ccc(-c4ccccc4)cc3)c3ccc4c(c3)C3(c5ccccc5-c5ccccc53)c3cc(-n5c6ccccc6c6c7ocnc7ccc65)ccc3-4)cc2)cc1. The third-order valence-corrected chi connectivity index (χ3v) is 14.2. The molecule has 0 saturated heterocycles. The van der Waals surface area contributed by atoms with Crippen LogP contribution in [0.2, 0.25) is 0 Å². The molecular weight excluding hydrogens is 803 g/mol. The predicted molar refractivity (Wildman–Crippen MR) is 270 cm³/mol. The molecule has 0 bridgehead atoms. The molecule has 0 radical (unpaired) electrons. The molecule has 2 aliphatic carbocycles. The van der Waals surface area contributed by atoms with Gasteiger partial charge >= 0.3 is 0 Å². The maximum atomic E-state index is 6.08. The second kappa shape index (κ2) is 14.1. The van der Waals surface area contributed by atoms with Crippen molar-refractivity contribution in [2.24, 2.45) is 0 Å². The van der Waals surface area contributed by atoms with Gasteiger partial charge in [-0.3, -0.25) is 0 Å². The van der Waals surface area contributed by atoms with Gasteiger partial charge in [-0.1, -0.05) is 164 Å². The number of anilines is 3. The van der Waals surface area contributed by atoms with Crippen molar-refractivity contribution in [3.63, 3.8) is 0 Å². The lowest BCUT2D eigenvalue weighted by Gasteiger charge is -2.32. The number of para-hydroxylation sites is 1. The second-order valence-corrected chi connectivity index (χ2v) is 17.5. The van der Waals surface area contributed by atoms with E-state index in [9.17, 15) is 0 Å². The summed E-state index contributed by atoms with van der Waals surface area (Å²) in [5, 5.41) is 2.22. The molecule has 10 aromatic carbocycles. The average Bonchev–Trinajstić information content (AvgIpc) is 4.15. The van der Waals surface area contributed by atoms with Gasteiger partial charge in [0.1, 0.15) is 5.52 Å². The summed E-state index contributed by atoms with van der Waals surface area (Å²) in [5.74, 6) is 0. The number of nitrogens with zero attached hydrogens (tertiary/aromatic N) is 3. The molecule has 2 heterocycles. The van der Waals surface area contributed by atoms with E-state index in [2.05, 4.69) is 245 Å². The van der Waals surface area contributed by atoms with Crippen LogP contribution in [0.15, 0.2) is 241 Å². The van der Waals surface area contributed by atoms with Gasteiger partial charge < -0.3 is 13.9 Å². The molecule has 66 heavy (non-hydrogen) atoms. The minimum atomic E-state index is -0.583. The lowest BCUT2D eigenvalue weighted by Crippen LogP contribution is -2.26. The van der Waals surface area contributed by atoms with Crippen LogP contribution in [0.25, 0.3) is 83.1 Å². The van der Waals surface area contributed by atoms with Crippen LogP contribution in [0, 0.1) is 0 Å². The third kappa shape index (κ3) is 5.18. The Morgan fingerprint density at radius 2 is 0.909 bits per heavy atom. The van der Waals surface area contributed by atoms with E-state index >= 15 is 0 Å². The minimum absolute atomic E-state index is 0.583. The number of hydrogen-bond donors (Lipinski definition) is 0. The Kier molecular flexibility index (Phi) is 7.87. The molecule has 0 aliphatic heterocycles. The fourth-order valence-corrected chi connectivity index (χ4v) is 11.4. The lowest BCUT2D eigenvalue weighted by atomic mass is 9.70. The number of oxazole rings is 1. The molecule has 1 spiro atoms. The average molecular weight is 842 g/mol. The van der Waals surface area contributed by atoms with Crippen LogP contribution in [-0.2, 0) is 5.41 Å². The molecule has 0 atom stereocenters. The highest BCUT2D eigenvalue weighted by atomic mass is 16.3. The third-order valence-electron chi connectivity index (χ3n) is 14.2. The topological polar surface area (TPSA) is 34.2 Å². The van der Waals surface area contributed by atoms with Crippen molar-refractivity contribution in [1.29, 1.82) is 0 Å². The molecule has 0 saturated carbocycles. The molecule has 2 aromatic heterocycles. The molecule has 0 amide bonds. The first-order valence-corrected chi connectivity index (χ1v) is 22.6. The van der Waals surface area contributed by atoms with Gasteiger partial charge in [-0.05, 0) is 133 Å². The fraction of sp³-hybridized carbons (Fsp3) is 0.0161. The highest BCUT2D eigenvalue weighted by Crippen LogP contribution is 2.63. The highest BCUT2D eigenvalue weighted by molar-refractivity contribution is 6.19. The van der Waals surface area contributed by atoms with E-state index in [0.29, 0.717) is 0 Å². The van der Waals surface area contributed by atoms with Gasteiger partial charge in [0.25, 0.3) is 0 Å². The summed E-state index contributed by atoms with van der Waals surface area (Å²) in [7, 11) is 0. The molecule has 0 N–H and O–H groups in total. The van der Waals surface area contributed by atoms with Crippen molar-refractivity contribution in [3.05, 3.63) is 259 Å². The van der Waals surface area contributed by atoms with E-state index in [1.807, 2.05) is 0 Å². The molecule has 12 aromatic rings. The molecule has 308 valence electrons. The molecule has 0 fully saturated rings. The van der Waals surface area contributed by atoms with Crippen LogP contribution in [0.4, 0.5) is 17.1 Å². The van der Waals surface area contributed by atoms with Crippen molar-refractivity contribution < 1.29 is 4.42 Å². The fourth-order valence-electron chi connectivity index (χ4n) is 11.4. The zero-order chi connectivity index (χ0) is 43.3. The second-order valence-electron chi connectivity index (χ2n) is 17.5. The van der Waals surface area contributed by atoms with Crippen molar-refractivity contribution >= 4 is 50.0 Å². The summed E-state index contributed by atoms with van der Waals surface area (Å²) < 4.78 is 8.48. The minimum Gasteiger partial charge on any atom is -0.443 e. The van der Waals surface area contributed by atoms with E-state index in [1.54, 1.807) is 6.39 Å². The molecule has 2 aliphatic rings. The van der Waals surface area contributed by atoms with Crippen LogP contribution >= 0.6 is 0 Å². The standard InChI is InChI=1S/C62H39N3O/c1-3-13-40(14-4-1)42-23-27-44(28-24-42)64(45-29-25-43(26-30-45)41-15-5-2-6-16-41)46-31-33-50-51-34-32-47(65-58-22-12-9-19-52(58)60-59(65)36-35-57-61(60)66-39-63-57)38-56(51)62(55(50)37-46)53-20-10-7-17-48(53)49-18-8-11-21-54(49)62/h1-39H. The molecule has 4 heteroatoms. The Morgan fingerprint density at radius 1 is 0.394 bits per heavy atom.